The monoisotopic (exact) mass is 218 g/mol. The second kappa shape index (κ2) is 4.12. The first kappa shape index (κ1) is 11.2. The van der Waals surface area contributed by atoms with Crippen LogP contribution in [0.15, 0.2) is 21.6 Å². The molecule has 14 heavy (non-hydrogen) atoms. The molecule has 1 N–H and O–H groups in total. The summed E-state index contributed by atoms with van der Waals surface area (Å²) in [5.41, 5.74) is 0. The van der Waals surface area contributed by atoms with Gasteiger partial charge in [-0.25, -0.2) is 12.7 Å². The van der Waals surface area contributed by atoms with Gasteiger partial charge in [-0.3, -0.25) is 0 Å². The van der Waals surface area contributed by atoms with Gasteiger partial charge < -0.3 is 9.73 Å². The van der Waals surface area contributed by atoms with Crippen LogP contribution in [-0.2, 0) is 16.6 Å². The van der Waals surface area contributed by atoms with E-state index in [1.54, 1.807) is 13.1 Å². The second-order valence-corrected chi connectivity index (χ2v) is 5.12. The van der Waals surface area contributed by atoms with Crippen molar-refractivity contribution in [1.82, 2.24) is 9.62 Å². The van der Waals surface area contributed by atoms with Gasteiger partial charge in [-0.2, -0.15) is 0 Å². The molecule has 80 valence electrons. The summed E-state index contributed by atoms with van der Waals surface area (Å²) in [6, 6.07) is 3.11. The lowest BCUT2D eigenvalue weighted by Gasteiger charge is -2.07. The predicted molar refractivity (Wildman–Crippen MR) is 52.3 cm³/mol. The molecule has 0 saturated carbocycles. The van der Waals surface area contributed by atoms with Crippen molar-refractivity contribution in [2.75, 3.05) is 21.1 Å². The highest BCUT2D eigenvalue weighted by molar-refractivity contribution is 7.88. The van der Waals surface area contributed by atoms with Gasteiger partial charge in [0.2, 0.25) is 5.09 Å². The van der Waals surface area contributed by atoms with Gasteiger partial charge >= 0.3 is 0 Å². The molecular weight excluding hydrogens is 204 g/mol. The molecule has 0 aliphatic rings. The Morgan fingerprint density at radius 3 is 2.57 bits per heavy atom. The van der Waals surface area contributed by atoms with Gasteiger partial charge in [-0.05, 0) is 19.2 Å². The highest BCUT2D eigenvalue weighted by Crippen LogP contribution is 2.16. The standard InChI is InChI=1S/C8H14N2O3S/c1-9-6-7-4-5-8(13-7)14(11,12)10(2)3/h4-5,9H,6H2,1-3H3. The summed E-state index contributed by atoms with van der Waals surface area (Å²) in [5.74, 6) is 0.605. The van der Waals surface area contributed by atoms with Gasteiger partial charge in [-0.15, -0.1) is 0 Å². The number of sulfonamides is 1. The zero-order valence-corrected chi connectivity index (χ0v) is 9.26. The fourth-order valence-corrected chi connectivity index (χ4v) is 1.76. The van der Waals surface area contributed by atoms with Crippen molar-refractivity contribution >= 4 is 10.0 Å². The molecule has 1 rings (SSSR count). The van der Waals surface area contributed by atoms with E-state index < -0.39 is 10.0 Å². The number of hydrogen-bond acceptors (Lipinski definition) is 4. The zero-order chi connectivity index (χ0) is 10.8. The third-order valence-corrected chi connectivity index (χ3v) is 3.41. The maximum Gasteiger partial charge on any atom is 0.275 e. The molecule has 0 spiro atoms. The minimum atomic E-state index is -3.44. The topological polar surface area (TPSA) is 62.6 Å². The molecule has 0 saturated heterocycles. The summed E-state index contributed by atoms with van der Waals surface area (Å²) in [5, 5.41) is 2.86. The fourth-order valence-electron chi connectivity index (χ4n) is 0.946. The molecule has 0 fully saturated rings. The van der Waals surface area contributed by atoms with Gasteiger partial charge in [0, 0.05) is 14.1 Å². The molecule has 1 aromatic heterocycles. The maximum atomic E-state index is 11.6. The van der Waals surface area contributed by atoms with Crippen LogP contribution >= 0.6 is 0 Å². The quantitative estimate of drug-likeness (QED) is 0.787. The minimum absolute atomic E-state index is 0.0206. The normalized spacial score (nSPS) is 12.3. The van der Waals surface area contributed by atoms with Gasteiger partial charge in [-0.1, -0.05) is 0 Å². The summed E-state index contributed by atoms with van der Waals surface area (Å²) in [6.45, 7) is 0.517. The SMILES string of the molecule is CNCc1ccc(S(=O)(=O)N(C)C)o1. The molecule has 0 aliphatic carbocycles. The van der Waals surface area contributed by atoms with Crippen LogP contribution in [0.5, 0.6) is 0 Å². The molecular formula is C8H14N2O3S. The third kappa shape index (κ3) is 2.14. The Morgan fingerprint density at radius 2 is 2.07 bits per heavy atom. The molecule has 0 bridgehead atoms. The van der Waals surface area contributed by atoms with E-state index in [2.05, 4.69) is 5.32 Å². The van der Waals surface area contributed by atoms with Gasteiger partial charge in [0.15, 0.2) is 0 Å². The molecule has 1 heterocycles. The van der Waals surface area contributed by atoms with Crippen LogP contribution in [0.2, 0.25) is 0 Å². The van der Waals surface area contributed by atoms with Crippen molar-refractivity contribution in [3.05, 3.63) is 17.9 Å². The number of rotatable bonds is 4. The fraction of sp³-hybridized carbons (Fsp3) is 0.500. The van der Waals surface area contributed by atoms with E-state index in [-0.39, 0.29) is 5.09 Å². The lowest BCUT2D eigenvalue weighted by atomic mass is 10.4. The van der Waals surface area contributed by atoms with Crippen molar-refractivity contribution < 1.29 is 12.8 Å². The second-order valence-electron chi connectivity index (χ2n) is 3.04. The predicted octanol–water partition coefficient (Wildman–Crippen LogP) is 0.249. The first-order valence-corrected chi connectivity index (χ1v) is 5.58. The minimum Gasteiger partial charge on any atom is -0.447 e. The molecule has 0 radical (unpaired) electrons. The average Bonchev–Trinajstić information content (AvgIpc) is 2.53. The van der Waals surface area contributed by atoms with E-state index in [4.69, 9.17) is 4.42 Å². The average molecular weight is 218 g/mol. The van der Waals surface area contributed by atoms with E-state index in [0.29, 0.717) is 12.3 Å². The Hall–Kier alpha value is -0.850. The van der Waals surface area contributed by atoms with Crippen LogP contribution in [0.1, 0.15) is 5.76 Å². The van der Waals surface area contributed by atoms with Crippen molar-refractivity contribution in [2.45, 2.75) is 11.6 Å². The molecule has 0 unspecified atom stereocenters. The van der Waals surface area contributed by atoms with E-state index in [1.807, 2.05) is 0 Å². The Balaban J connectivity index is 2.98. The van der Waals surface area contributed by atoms with Crippen LogP contribution < -0.4 is 5.32 Å². The van der Waals surface area contributed by atoms with Gasteiger partial charge in [0.1, 0.15) is 5.76 Å². The summed E-state index contributed by atoms with van der Waals surface area (Å²) in [4.78, 5) is 0. The number of furan rings is 1. The van der Waals surface area contributed by atoms with E-state index in [1.165, 1.54) is 20.2 Å². The van der Waals surface area contributed by atoms with Crippen LogP contribution in [-0.4, -0.2) is 33.9 Å². The summed E-state index contributed by atoms with van der Waals surface area (Å²) >= 11 is 0. The highest BCUT2D eigenvalue weighted by atomic mass is 32.2. The Labute approximate surface area is 83.8 Å². The van der Waals surface area contributed by atoms with Crippen molar-refractivity contribution in [1.29, 1.82) is 0 Å². The highest BCUT2D eigenvalue weighted by Gasteiger charge is 2.21. The van der Waals surface area contributed by atoms with E-state index in [9.17, 15) is 8.42 Å². The zero-order valence-electron chi connectivity index (χ0n) is 8.44. The number of hydrogen-bond donors (Lipinski definition) is 1. The van der Waals surface area contributed by atoms with Crippen molar-refractivity contribution in [3.63, 3.8) is 0 Å². The van der Waals surface area contributed by atoms with E-state index >= 15 is 0 Å². The van der Waals surface area contributed by atoms with E-state index in [0.717, 1.165) is 4.31 Å². The molecule has 0 aliphatic heterocycles. The lowest BCUT2D eigenvalue weighted by molar-refractivity contribution is 0.393. The van der Waals surface area contributed by atoms with Crippen LogP contribution in [0.3, 0.4) is 0 Å². The Kier molecular flexibility index (Phi) is 3.30. The molecule has 5 nitrogen and oxygen atoms in total. The van der Waals surface area contributed by atoms with Gasteiger partial charge in [0.25, 0.3) is 10.0 Å². The van der Waals surface area contributed by atoms with Gasteiger partial charge in [0.05, 0.1) is 6.54 Å². The molecule has 0 amide bonds. The summed E-state index contributed by atoms with van der Waals surface area (Å²) in [6.07, 6.45) is 0. The molecule has 0 atom stereocenters. The maximum absolute atomic E-state index is 11.6. The number of nitrogens with one attached hydrogen (secondary N) is 1. The smallest absolute Gasteiger partial charge is 0.275 e. The van der Waals surface area contributed by atoms with Crippen molar-refractivity contribution in [2.24, 2.45) is 0 Å². The van der Waals surface area contributed by atoms with Crippen LogP contribution in [0.4, 0.5) is 0 Å². The third-order valence-electron chi connectivity index (χ3n) is 1.72. The van der Waals surface area contributed by atoms with Crippen molar-refractivity contribution in [3.8, 4) is 0 Å². The molecule has 1 aromatic rings. The first-order valence-electron chi connectivity index (χ1n) is 4.14. The Morgan fingerprint density at radius 1 is 1.43 bits per heavy atom. The summed E-state index contributed by atoms with van der Waals surface area (Å²) in [7, 11) is 1.27. The molecule has 6 heteroatoms. The first-order chi connectivity index (χ1) is 6.48. The lowest BCUT2D eigenvalue weighted by Crippen LogP contribution is -2.21. The number of nitrogens with zero attached hydrogens (tertiary/aromatic N) is 1. The van der Waals surface area contributed by atoms with Crippen LogP contribution in [0, 0.1) is 0 Å². The summed E-state index contributed by atoms with van der Waals surface area (Å²) < 4.78 is 29.4. The molecule has 0 aromatic carbocycles. The Bertz CT molecular complexity index is 394. The largest absolute Gasteiger partial charge is 0.447 e. The van der Waals surface area contributed by atoms with Crippen LogP contribution in [0.25, 0.3) is 0 Å².